The Morgan fingerprint density at radius 1 is 0.565 bits per heavy atom. The predicted molar refractivity (Wildman–Crippen MR) is 187 cm³/mol. The lowest BCUT2D eigenvalue weighted by atomic mass is 10.00. The molecule has 0 saturated heterocycles. The number of ether oxygens (including phenoxy) is 2. The van der Waals surface area contributed by atoms with Crippen LogP contribution in [-0.2, 0) is 51.2 Å². The minimum atomic E-state index is -0.417. The molecule has 0 aliphatic rings. The average molecular weight is 629 g/mol. The van der Waals surface area contributed by atoms with Crippen molar-refractivity contribution in [2.45, 2.75) is 71.3 Å². The number of aryl methyl sites for hydroxylation is 3. The number of aliphatic hydroxyl groups excluding tert-OH is 2. The molecule has 0 saturated carbocycles. The van der Waals surface area contributed by atoms with Crippen LogP contribution in [0.5, 0.6) is 0 Å². The molecule has 4 rings (SSSR count). The van der Waals surface area contributed by atoms with Gasteiger partial charge in [-0.25, -0.2) is 0 Å². The third kappa shape index (κ3) is 16.2. The molecule has 248 valence electrons. The summed E-state index contributed by atoms with van der Waals surface area (Å²) < 4.78 is 9.39. The number of rotatable bonds is 14. The number of methoxy groups -OCH3 is 2. The highest BCUT2D eigenvalue weighted by atomic mass is 16.5. The van der Waals surface area contributed by atoms with Crippen LogP contribution in [0.2, 0.25) is 0 Å². The van der Waals surface area contributed by atoms with Crippen LogP contribution >= 0.6 is 0 Å². The van der Waals surface area contributed by atoms with Crippen LogP contribution in [0, 0.1) is 0 Å². The highest BCUT2D eigenvalue weighted by molar-refractivity contribution is 5.72. The molecule has 1 unspecified atom stereocenters. The monoisotopic (exact) mass is 628 g/mol. The Morgan fingerprint density at radius 3 is 1.43 bits per heavy atom. The van der Waals surface area contributed by atoms with Crippen molar-refractivity contribution in [3.05, 3.63) is 143 Å². The van der Waals surface area contributed by atoms with Gasteiger partial charge < -0.3 is 19.7 Å². The van der Waals surface area contributed by atoms with E-state index in [9.17, 15) is 14.7 Å². The molecule has 0 bridgehead atoms. The van der Waals surface area contributed by atoms with E-state index in [2.05, 4.69) is 53.3 Å². The highest BCUT2D eigenvalue weighted by Crippen LogP contribution is 2.19. The summed E-state index contributed by atoms with van der Waals surface area (Å²) in [6, 6.07) is 36.5. The minimum absolute atomic E-state index is 0. The lowest BCUT2D eigenvalue weighted by Gasteiger charge is -2.11. The van der Waals surface area contributed by atoms with Crippen molar-refractivity contribution >= 4 is 11.9 Å². The Bertz CT molecular complexity index is 1370. The maximum atomic E-state index is 11.3. The van der Waals surface area contributed by atoms with E-state index >= 15 is 0 Å². The number of aliphatic hydroxyl groups is 2. The van der Waals surface area contributed by atoms with Crippen molar-refractivity contribution in [3.8, 4) is 0 Å². The fourth-order valence-electron chi connectivity index (χ4n) is 4.91. The van der Waals surface area contributed by atoms with Gasteiger partial charge in [-0.2, -0.15) is 0 Å². The van der Waals surface area contributed by atoms with Gasteiger partial charge in [-0.1, -0.05) is 117 Å². The summed E-state index contributed by atoms with van der Waals surface area (Å²) in [5.74, 6) is -0.409. The Kier molecular flexibility index (Phi) is 20.8. The zero-order valence-corrected chi connectivity index (χ0v) is 26.9. The number of carbonyl (C=O) groups is 2. The largest absolute Gasteiger partial charge is 0.469 e. The molecule has 0 fully saturated rings. The number of hydrogen-bond donors (Lipinski definition) is 2. The summed E-state index contributed by atoms with van der Waals surface area (Å²) >= 11 is 0. The second-order valence-corrected chi connectivity index (χ2v) is 10.7. The Morgan fingerprint density at radius 2 is 0.957 bits per heavy atom. The molecule has 6 nitrogen and oxygen atoms in total. The van der Waals surface area contributed by atoms with E-state index in [1.165, 1.54) is 37.3 Å². The summed E-state index contributed by atoms with van der Waals surface area (Å²) in [5, 5.41) is 17.1. The van der Waals surface area contributed by atoms with E-state index in [4.69, 9.17) is 9.84 Å². The second kappa shape index (κ2) is 24.0. The first kappa shape index (κ1) is 39.8. The summed E-state index contributed by atoms with van der Waals surface area (Å²) in [7, 11) is 3.83. The van der Waals surface area contributed by atoms with Gasteiger partial charge in [-0.15, -0.1) is 0 Å². The maximum Gasteiger partial charge on any atom is 0.309 e. The van der Waals surface area contributed by atoms with Gasteiger partial charge in [0.2, 0.25) is 0 Å². The molecule has 0 heterocycles. The van der Waals surface area contributed by atoms with E-state index in [0.29, 0.717) is 12.8 Å². The van der Waals surface area contributed by atoms with Gasteiger partial charge in [0.05, 0.1) is 33.2 Å². The van der Waals surface area contributed by atoms with Crippen LogP contribution in [0.25, 0.3) is 0 Å². The third-order valence-corrected chi connectivity index (χ3v) is 7.29. The molecule has 6 heteroatoms. The van der Waals surface area contributed by atoms with Gasteiger partial charge >= 0.3 is 11.9 Å². The van der Waals surface area contributed by atoms with Crippen LogP contribution in [-0.4, -0.2) is 43.5 Å². The Hall–Kier alpha value is -4.26. The predicted octanol–water partition coefficient (Wildman–Crippen LogP) is 7.67. The molecule has 2 N–H and O–H groups in total. The van der Waals surface area contributed by atoms with E-state index < -0.39 is 6.10 Å². The first-order valence-electron chi connectivity index (χ1n) is 15.5. The molecule has 0 spiro atoms. The second-order valence-electron chi connectivity index (χ2n) is 10.7. The van der Waals surface area contributed by atoms with Crippen molar-refractivity contribution in [2.24, 2.45) is 0 Å². The topological polar surface area (TPSA) is 93.1 Å². The molecule has 1 atom stereocenters. The van der Waals surface area contributed by atoms with Crippen molar-refractivity contribution in [1.82, 2.24) is 0 Å². The van der Waals surface area contributed by atoms with Crippen molar-refractivity contribution < 1.29 is 29.3 Å². The van der Waals surface area contributed by atoms with Crippen molar-refractivity contribution in [2.75, 3.05) is 21.3 Å². The van der Waals surface area contributed by atoms with Crippen LogP contribution in [0.1, 0.15) is 72.6 Å². The molecule has 0 aliphatic carbocycles. The average Bonchev–Trinajstić information content (AvgIpc) is 3.09. The lowest BCUT2D eigenvalue weighted by Crippen LogP contribution is -2.04. The zero-order valence-electron chi connectivity index (χ0n) is 26.9. The van der Waals surface area contributed by atoms with Gasteiger partial charge in [-0.3, -0.25) is 9.59 Å². The Labute approximate surface area is 276 Å². The maximum absolute atomic E-state index is 11.3. The number of unbranched alkanes of at least 4 members (excludes halogenated alkanes) is 1. The molecule has 46 heavy (non-hydrogen) atoms. The fourth-order valence-corrected chi connectivity index (χ4v) is 4.91. The first-order chi connectivity index (χ1) is 22.0. The van der Waals surface area contributed by atoms with E-state index in [0.717, 1.165) is 62.3 Å². The van der Waals surface area contributed by atoms with Gasteiger partial charge in [0, 0.05) is 7.11 Å². The molecule has 0 radical (unpaired) electrons. The smallest absolute Gasteiger partial charge is 0.309 e. The first-order valence-corrected chi connectivity index (χ1v) is 15.5. The summed E-state index contributed by atoms with van der Waals surface area (Å²) in [4.78, 5) is 22.6. The van der Waals surface area contributed by atoms with Crippen molar-refractivity contribution in [1.29, 1.82) is 0 Å². The molecule has 0 aliphatic heterocycles. The zero-order chi connectivity index (χ0) is 32.7. The SMILES string of the molecule is C.CO.COC(=O)Cc1cccc(CCCC(O)c2ccccc2)c1.COC(=O)Cc1cccc(CCCCc2ccccc2)c1. The number of esters is 2. The fraction of sp³-hybridized carbons (Fsp3) is 0.350. The normalized spacial score (nSPS) is 10.5. The van der Waals surface area contributed by atoms with Gasteiger partial charge in [0.1, 0.15) is 0 Å². The number of hydrogen-bond acceptors (Lipinski definition) is 6. The van der Waals surface area contributed by atoms with Crippen LogP contribution in [0.15, 0.2) is 109 Å². The number of benzene rings is 4. The van der Waals surface area contributed by atoms with Crippen LogP contribution < -0.4 is 0 Å². The summed E-state index contributed by atoms with van der Waals surface area (Å²) in [5.41, 5.74) is 6.83. The molecule has 0 aromatic heterocycles. The van der Waals surface area contributed by atoms with Crippen molar-refractivity contribution in [3.63, 3.8) is 0 Å². The lowest BCUT2D eigenvalue weighted by molar-refractivity contribution is -0.140. The van der Waals surface area contributed by atoms with Gasteiger partial charge in [0.15, 0.2) is 0 Å². The highest BCUT2D eigenvalue weighted by Gasteiger charge is 2.08. The standard InChI is InChI=1S/C19H22O3.C19H22O2.CH4O.CH4/c1-22-19(21)14-16-9-5-7-15(13-16)8-6-12-18(20)17-10-3-2-4-11-17;1-21-19(20)15-18-13-7-12-17(14-18)11-6-5-10-16-8-3-2-4-9-16;1-2;/h2-5,7,9-11,13,18,20H,6,8,12,14H2,1H3;2-4,7-9,12-14H,5-6,10-11,15H2,1H3;2H,1H3;1H4. The molecular weight excluding hydrogens is 576 g/mol. The third-order valence-electron chi connectivity index (χ3n) is 7.29. The van der Waals surface area contributed by atoms with Gasteiger partial charge in [0.25, 0.3) is 0 Å². The van der Waals surface area contributed by atoms with E-state index in [1.807, 2.05) is 60.7 Å². The quantitative estimate of drug-likeness (QED) is 0.110. The molecule has 4 aromatic carbocycles. The van der Waals surface area contributed by atoms with Crippen LogP contribution in [0.3, 0.4) is 0 Å². The molecule has 4 aromatic rings. The van der Waals surface area contributed by atoms with E-state index in [1.54, 1.807) is 0 Å². The number of carbonyl (C=O) groups excluding carboxylic acids is 2. The summed E-state index contributed by atoms with van der Waals surface area (Å²) in [6.45, 7) is 0. The molecular formula is C40H52O6. The minimum Gasteiger partial charge on any atom is -0.469 e. The molecule has 0 amide bonds. The Balaban J connectivity index is 0.000000428. The summed E-state index contributed by atoms with van der Waals surface area (Å²) in [6.07, 6.45) is 7.29. The van der Waals surface area contributed by atoms with Crippen LogP contribution in [0.4, 0.5) is 0 Å². The van der Waals surface area contributed by atoms with E-state index in [-0.39, 0.29) is 19.4 Å². The van der Waals surface area contributed by atoms with Gasteiger partial charge in [-0.05, 0) is 78.3 Å².